The van der Waals surface area contributed by atoms with Gasteiger partial charge in [-0.2, -0.15) is 0 Å². The van der Waals surface area contributed by atoms with Crippen LogP contribution in [0.5, 0.6) is 0 Å². The summed E-state index contributed by atoms with van der Waals surface area (Å²) in [7, 11) is 0. The maximum Gasteiger partial charge on any atom is 0.224 e. The van der Waals surface area contributed by atoms with Crippen molar-refractivity contribution in [2.75, 3.05) is 0 Å². The second-order valence-electron chi connectivity index (χ2n) is 7.09. The van der Waals surface area contributed by atoms with Crippen molar-refractivity contribution in [3.63, 3.8) is 0 Å². The molecule has 2 aliphatic rings. The zero-order chi connectivity index (χ0) is 15.9. The number of nitrogens with one attached hydrogen (secondary N) is 1. The topological polar surface area (TPSA) is 46.9 Å². The van der Waals surface area contributed by atoms with E-state index in [0.29, 0.717) is 0 Å². The Bertz CT molecular complexity index is 709. The number of fused-ring (bicyclic) bond motifs is 2. The predicted molar refractivity (Wildman–Crippen MR) is 89.0 cm³/mol. The van der Waals surface area contributed by atoms with Crippen molar-refractivity contribution in [2.45, 2.75) is 50.6 Å². The molecule has 0 bridgehead atoms. The Morgan fingerprint density at radius 2 is 2.35 bits per heavy atom. The number of aromatic nitrogens is 2. The van der Waals surface area contributed by atoms with E-state index < -0.39 is 0 Å². The van der Waals surface area contributed by atoms with Crippen molar-refractivity contribution >= 4 is 5.91 Å². The molecule has 1 spiro atoms. The molecule has 1 heterocycles. The molecule has 1 saturated carbocycles. The van der Waals surface area contributed by atoms with E-state index in [1.54, 1.807) is 12.5 Å². The van der Waals surface area contributed by atoms with Crippen molar-refractivity contribution in [2.24, 2.45) is 5.92 Å². The second kappa shape index (κ2) is 5.52. The second-order valence-corrected chi connectivity index (χ2v) is 7.09. The molecule has 3 atom stereocenters. The summed E-state index contributed by atoms with van der Waals surface area (Å²) in [6.45, 7) is 2.82. The van der Waals surface area contributed by atoms with Crippen LogP contribution < -0.4 is 5.32 Å². The molecule has 1 aromatic carbocycles. The highest BCUT2D eigenvalue weighted by molar-refractivity contribution is 5.85. The van der Waals surface area contributed by atoms with Crippen LogP contribution in [0.2, 0.25) is 0 Å². The fourth-order valence-corrected chi connectivity index (χ4v) is 4.28. The van der Waals surface area contributed by atoms with Crippen LogP contribution >= 0.6 is 0 Å². The third-order valence-electron chi connectivity index (χ3n) is 5.45. The minimum Gasteiger partial charge on any atom is -0.352 e. The summed E-state index contributed by atoms with van der Waals surface area (Å²) >= 11 is 0. The minimum absolute atomic E-state index is 0.119. The van der Waals surface area contributed by atoms with Gasteiger partial charge in [0.2, 0.25) is 5.91 Å². The molecule has 0 radical (unpaired) electrons. The molecular weight excluding hydrogens is 286 g/mol. The summed E-state index contributed by atoms with van der Waals surface area (Å²) in [4.78, 5) is 16.7. The first-order valence-corrected chi connectivity index (χ1v) is 8.53. The molecule has 0 unspecified atom stereocenters. The average Bonchev–Trinajstić information content (AvgIpc) is 3.02. The van der Waals surface area contributed by atoms with Gasteiger partial charge in [-0.05, 0) is 43.7 Å². The van der Waals surface area contributed by atoms with E-state index in [1.165, 1.54) is 17.5 Å². The molecule has 0 aliphatic heterocycles. The minimum atomic E-state index is 0.119. The monoisotopic (exact) mass is 309 g/mol. The van der Waals surface area contributed by atoms with Crippen LogP contribution in [0.25, 0.3) is 0 Å². The fraction of sp³-hybridized carbons (Fsp3) is 0.474. The molecule has 0 saturated heterocycles. The van der Waals surface area contributed by atoms with E-state index in [0.717, 1.165) is 25.8 Å². The number of imidazole rings is 1. The van der Waals surface area contributed by atoms with Crippen LogP contribution in [-0.4, -0.2) is 21.5 Å². The first-order valence-electron chi connectivity index (χ1n) is 8.53. The van der Waals surface area contributed by atoms with Crippen LogP contribution in [0.1, 0.15) is 37.3 Å². The maximum absolute atomic E-state index is 12.7. The number of carbonyl (C=O) groups excluding carboxylic acids is 1. The standard InChI is InChI=1S/C19H23N3O/c1-14(12-22-10-9-20-13-22)21-18(23)17-11-19(17)8-4-6-15-5-2-3-7-16(15)19/h2-3,5,7,9-10,13-14,17H,4,6,8,11-12H2,1H3,(H,21,23)/t14-,17-,19+/m1/s1. The zero-order valence-electron chi connectivity index (χ0n) is 13.5. The highest BCUT2D eigenvalue weighted by Gasteiger charge is 2.60. The highest BCUT2D eigenvalue weighted by atomic mass is 16.2. The van der Waals surface area contributed by atoms with E-state index in [1.807, 2.05) is 10.8 Å². The summed E-state index contributed by atoms with van der Waals surface area (Å²) in [5.74, 6) is 0.364. The number of hydrogen-bond donors (Lipinski definition) is 1. The summed E-state index contributed by atoms with van der Waals surface area (Å²) in [6, 6.07) is 8.80. The number of carbonyl (C=O) groups is 1. The van der Waals surface area contributed by atoms with E-state index in [4.69, 9.17) is 0 Å². The number of amides is 1. The highest BCUT2D eigenvalue weighted by Crippen LogP contribution is 2.60. The van der Waals surface area contributed by atoms with Gasteiger partial charge in [-0.3, -0.25) is 4.79 Å². The molecule has 1 amide bonds. The third kappa shape index (κ3) is 2.56. The molecule has 4 nitrogen and oxygen atoms in total. The molecule has 4 rings (SSSR count). The number of hydrogen-bond acceptors (Lipinski definition) is 2. The summed E-state index contributed by atoms with van der Waals surface area (Å²) in [6.07, 6.45) is 10.0. The largest absolute Gasteiger partial charge is 0.352 e. The Morgan fingerprint density at radius 1 is 1.48 bits per heavy atom. The van der Waals surface area contributed by atoms with Crippen LogP contribution in [0.4, 0.5) is 0 Å². The molecule has 2 aliphatic carbocycles. The van der Waals surface area contributed by atoms with Gasteiger partial charge in [-0.1, -0.05) is 24.3 Å². The van der Waals surface area contributed by atoms with Gasteiger partial charge in [0.05, 0.1) is 6.33 Å². The van der Waals surface area contributed by atoms with Gasteiger partial charge in [0.1, 0.15) is 0 Å². The number of rotatable bonds is 4. The maximum atomic E-state index is 12.7. The lowest BCUT2D eigenvalue weighted by molar-refractivity contribution is -0.123. The molecule has 4 heteroatoms. The van der Waals surface area contributed by atoms with Gasteiger partial charge < -0.3 is 9.88 Å². The normalized spacial score (nSPS) is 26.6. The molecule has 2 aromatic rings. The van der Waals surface area contributed by atoms with Gasteiger partial charge in [-0.25, -0.2) is 4.98 Å². The summed E-state index contributed by atoms with van der Waals surface area (Å²) < 4.78 is 2.00. The van der Waals surface area contributed by atoms with Crippen LogP contribution in [0.3, 0.4) is 0 Å². The van der Waals surface area contributed by atoms with Crippen molar-refractivity contribution < 1.29 is 4.79 Å². The lowest BCUT2D eigenvalue weighted by atomic mass is 9.78. The predicted octanol–water partition coefficient (Wildman–Crippen LogP) is 2.68. The van der Waals surface area contributed by atoms with Crippen molar-refractivity contribution in [3.05, 3.63) is 54.1 Å². The smallest absolute Gasteiger partial charge is 0.224 e. The Kier molecular flexibility index (Phi) is 3.47. The average molecular weight is 309 g/mol. The summed E-state index contributed by atoms with van der Waals surface area (Å²) in [5, 5.41) is 3.19. The van der Waals surface area contributed by atoms with Gasteiger partial charge in [-0.15, -0.1) is 0 Å². The van der Waals surface area contributed by atoms with Crippen LogP contribution in [0.15, 0.2) is 43.0 Å². The molecule has 23 heavy (non-hydrogen) atoms. The van der Waals surface area contributed by atoms with Gasteiger partial charge in [0, 0.05) is 36.3 Å². The van der Waals surface area contributed by atoms with Gasteiger partial charge >= 0.3 is 0 Å². The number of nitrogens with zero attached hydrogens (tertiary/aromatic N) is 2. The Morgan fingerprint density at radius 3 is 3.17 bits per heavy atom. The number of aryl methyl sites for hydroxylation is 1. The lowest BCUT2D eigenvalue weighted by Crippen LogP contribution is -2.38. The lowest BCUT2D eigenvalue weighted by Gasteiger charge is -2.26. The first-order chi connectivity index (χ1) is 11.2. The van der Waals surface area contributed by atoms with Gasteiger partial charge in [0.25, 0.3) is 0 Å². The SMILES string of the molecule is C[C@H](Cn1ccnc1)NC(=O)[C@H]1C[C@]12CCCc1ccccc12. The van der Waals surface area contributed by atoms with Gasteiger partial charge in [0.15, 0.2) is 0 Å². The fourth-order valence-electron chi connectivity index (χ4n) is 4.28. The van der Waals surface area contributed by atoms with E-state index >= 15 is 0 Å². The molecule has 120 valence electrons. The quantitative estimate of drug-likeness (QED) is 0.944. The Hall–Kier alpha value is -2.10. The van der Waals surface area contributed by atoms with Crippen LogP contribution in [0, 0.1) is 5.92 Å². The summed E-state index contributed by atoms with van der Waals surface area (Å²) in [5.41, 5.74) is 2.99. The third-order valence-corrected chi connectivity index (χ3v) is 5.45. The molecular formula is C19H23N3O. The van der Waals surface area contributed by atoms with E-state index in [2.05, 4.69) is 41.5 Å². The van der Waals surface area contributed by atoms with Crippen molar-refractivity contribution in [1.29, 1.82) is 0 Å². The molecule has 1 fully saturated rings. The van der Waals surface area contributed by atoms with E-state index in [-0.39, 0.29) is 23.3 Å². The Labute approximate surface area is 136 Å². The van der Waals surface area contributed by atoms with Crippen molar-refractivity contribution in [3.8, 4) is 0 Å². The number of benzene rings is 1. The van der Waals surface area contributed by atoms with Crippen molar-refractivity contribution in [1.82, 2.24) is 14.9 Å². The van der Waals surface area contributed by atoms with E-state index in [9.17, 15) is 4.79 Å². The molecule has 1 N–H and O–H groups in total. The first kappa shape index (κ1) is 14.5. The molecule has 1 aromatic heterocycles. The van der Waals surface area contributed by atoms with Crippen LogP contribution in [-0.2, 0) is 23.2 Å². The Balaban J connectivity index is 1.44. The zero-order valence-corrected chi connectivity index (χ0v) is 13.5.